The van der Waals surface area contributed by atoms with Crippen molar-refractivity contribution in [1.82, 2.24) is 19.4 Å². The third kappa shape index (κ3) is 7.86. The van der Waals surface area contributed by atoms with Crippen molar-refractivity contribution in [2.45, 2.75) is 45.3 Å². The van der Waals surface area contributed by atoms with Crippen LogP contribution in [0, 0.1) is 0 Å². The summed E-state index contributed by atoms with van der Waals surface area (Å²) in [6.45, 7) is 6.44. The standard InChI is InChI=1S/C17H15ClN4O5.C8H18N2/c18-10-4-5-13(19-8-10)20-14(24)9-22-11-2-1-3-12(27-7-6-23)15(11)21-16(22)17(25)26;1-7(2)10-5-3-8(9)4-6-10/h1-5,8,23H,6-7,9H2,(H,25,26)(H,19,20,24);7-8H,3-6,9H2,1-2H3. The van der Waals surface area contributed by atoms with Crippen molar-refractivity contribution in [3.05, 3.63) is 47.4 Å². The van der Waals surface area contributed by atoms with Crippen LogP contribution in [0.2, 0.25) is 5.02 Å². The lowest BCUT2D eigenvalue weighted by Crippen LogP contribution is -2.42. The molecule has 4 rings (SSSR count). The zero-order valence-corrected chi connectivity index (χ0v) is 21.7. The van der Waals surface area contributed by atoms with Gasteiger partial charge in [-0.3, -0.25) is 4.79 Å². The Balaban J connectivity index is 0.000000319. The Morgan fingerprint density at radius 2 is 1.97 bits per heavy atom. The number of aliphatic hydroxyl groups excluding tert-OH is 1. The van der Waals surface area contributed by atoms with Crippen LogP contribution >= 0.6 is 11.6 Å². The monoisotopic (exact) mass is 532 g/mol. The number of hydrogen-bond donors (Lipinski definition) is 4. The van der Waals surface area contributed by atoms with E-state index in [0.29, 0.717) is 33.9 Å². The van der Waals surface area contributed by atoms with E-state index in [4.69, 9.17) is 27.2 Å². The number of anilines is 1. The van der Waals surface area contributed by atoms with Crippen LogP contribution in [0.3, 0.4) is 0 Å². The maximum atomic E-state index is 12.4. The topological polar surface area (TPSA) is 156 Å². The van der Waals surface area contributed by atoms with Crippen LogP contribution in [0.1, 0.15) is 37.3 Å². The van der Waals surface area contributed by atoms with Crippen LogP contribution in [0.15, 0.2) is 36.5 Å². The van der Waals surface area contributed by atoms with Gasteiger partial charge in [0, 0.05) is 18.3 Å². The van der Waals surface area contributed by atoms with E-state index in [1.54, 1.807) is 24.3 Å². The maximum absolute atomic E-state index is 12.4. The Morgan fingerprint density at radius 1 is 1.24 bits per heavy atom. The van der Waals surface area contributed by atoms with Gasteiger partial charge in [0.25, 0.3) is 0 Å². The first-order valence-electron chi connectivity index (χ1n) is 12.1. The molecule has 1 aliphatic rings. The Morgan fingerprint density at radius 3 is 2.57 bits per heavy atom. The molecule has 0 atom stereocenters. The number of nitrogens with zero attached hydrogens (tertiary/aromatic N) is 4. The highest BCUT2D eigenvalue weighted by molar-refractivity contribution is 6.30. The van der Waals surface area contributed by atoms with Gasteiger partial charge in [-0.2, -0.15) is 0 Å². The number of piperidine rings is 1. The number of imidazole rings is 1. The number of halogens is 1. The van der Waals surface area contributed by atoms with Crippen LogP contribution in [-0.4, -0.2) is 79.9 Å². The zero-order chi connectivity index (χ0) is 26.9. The summed E-state index contributed by atoms with van der Waals surface area (Å²) in [5.74, 6) is -1.45. The molecule has 1 fully saturated rings. The fourth-order valence-corrected chi connectivity index (χ4v) is 4.04. The Hall–Kier alpha value is -3.25. The largest absolute Gasteiger partial charge is 0.489 e. The number of amides is 1. The molecule has 200 valence electrons. The number of ether oxygens (including phenoxy) is 1. The number of carboxylic acids is 1. The molecule has 1 amide bonds. The first-order chi connectivity index (χ1) is 17.7. The summed E-state index contributed by atoms with van der Waals surface area (Å²) in [6, 6.07) is 9.17. The normalized spacial score (nSPS) is 14.3. The predicted octanol–water partition coefficient (Wildman–Crippen LogP) is 2.61. The van der Waals surface area contributed by atoms with Crippen molar-refractivity contribution >= 4 is 40.3 Å². The van der Waals surface area contributed by atoms with Gasteiger partial charge in [-0.05, 0) is 64.0 Å². The molecule has 3 heterocycles. The molecule has 1 saturated heterocycles. The van der Waals surface area contributed by atoms with Gasteiger partial charge in [-0.1, -0.05) is 17.7 Å². The summed E-state index contributed by atoms with van der Waals surface area (Å²) in [7, 11) is 0. The van der Waals surface area contributed by atoms with E-state index in [0.717, 1.165) is 0 Å². The fraction of sp³-hybridized carbons (Fsp3) is 0.440. The number of nitrogens with one attached hydrogen (secondary N) is 1. The molecule has 37 heavy (non-hydrogen) atoms. The number of fused-ring (bicyclic) bond motifs is 1. The second-order valence-corrected chi connectivity index (χ2v) is 9.34. The third-order valence-corrected chi connectivity index (χ3v) is 6.11. The molecule has 0 unspecified atom stereocenters. The second-order valence-electron chi connectivity index (χ2n) is 8.90. The number of hydrogen-bond acceptors (Lipinski definition) is 8. The van der Waals surface area contributed by atoms with Gasteiger partial charge in [-0.25, -0.2) is 14.8 Å². The number of para-hydroxylation sites is 1. The minimum Gasteiger partial charge on any atom is -0.489 e. The summed E-state index contributed by atoms with van der Waals surface area (Å²) in [4.78, 5) is 34.5. The zero-order valence-electron chi connectivity index (χ0n) is 20.9. The van der Waals surface area contributed by atoms with Crippen molar-refractivity contribution in [2.24, 2.45) is 5.73 Å². The highest BCUT2D eigenvalue weighted by atomic mass is 35.5. The van der Waals surface area contributed by atoms with Crippen LogP contribution in [0.5, 0.6) is 5.75 Å². The van der Waals surface area contributed by atoms with Gasteiger partial charge in [0.1, 0.15) is 30.2 Å². The number of carbonyl (C=O) groups excluding carboxylic acids is 1. The van der Waals surface area contributed by atoms with E-state index in [2.05, 4.69) is 34.0 Å². The molecule has 1 aromatic carbocycles. The summed E-state index contributed by atoms with van der Waals surface area (Å²) < 4.78 is 6.66. The van der Waals surface area contributed by atoms with Crippen LogP contribution < -0.4 is 15.8 Å². The molecular formula is C25H33ClN6O5. The van der Waals surface area contributed by atoms with E-state index in [-0.39, 0.29) is 31.4 Å². The summed E-state index contributed by atoms with van der Waals surface area (Å²) in [5.41, 5.74) is 6.48. The molecule has 0 saturated carbocycles. The number of benzene rings is 1. The van der Waals surface area contributed by atoms with Crippen LogP contribution in [-0.2, 0) is 11.3 Å². The lowest BCUT2D eigenvalue weighted by atomic mass is 10.1. The van der Waals surface area contributed by atoms with E-state index in [9.17, 15) is 14.7 Å². The first-order valence-corrected chi connectivity index (χ1v) is 12.4. The SMILES string of the molecule is CC(C)N1CCC(N)CC1.O=C(Cn1c(C(=O)O)nc2c(OCCO)cccc21)Nc1ccc(Cl)cn1. The highest BCUT2D eigenvalue weighted by Gasteiger charge is 2.21. The molecule has 0 bridgehead atoms. The fourth-order valence-electron chi connectivity index (χ4n) is 3.93. The molecule has 2 aromatic heterocycles. The molecule has 3 aromatic rings. The molecule has 0 spiro atoms. The minimum absolute atomic E-state index is 0.0388. The van der Waals surface area contributed by atoms with Crippen LogP contribution in [0.25, 0.3) is 11.0 Å². The number of aromatic carboxylic acids is 1. The molecule has 5 N–H and O–H groups in total. The summed E-state index contributed by atoms with van der Waals surface area (Å²) in [5, 5.41) is 21.4. The number of likely N-dealkylation sites (tertiary alicyclic amines) is 1. The van der Waals surface area contributed by atoms with E-state index < -0.39 is 11.9 Å². The van der Waals surface area contributed by atoms with Gasteiger partial charge in [-0.15, -0.1) is 0 Å². The second kappa shape index (κ2) is 13.3. The molecular weight excluding hydrogens is 500 g/mol. The quantitative estimate of drug-likeness (QED) is 0.342. The van der Waals surface area contributed by atoms with Crippen molar-refractivity contribution in [2.75, 3.05) is 31.6 Å². The number of pyridine rings is 1. The molecule has 11 nitrogen and oxygen atoms in total. The smallest absolute Gasteiger partial charge is 0.372 e. The third-order valence-electron chi connectivity index (χ3n) is 5.88. The van der Waals surface area contributed by atoms with Gasteiger partial charge >= 0.3 is 5.97 Å². The van der Waals surface area contributed by atoms with Crippen molar-refractivity contribution in [1.29, 1.82) is 0 Å². The average Bonchev–Trinajstić information content (AvgIpc) is 3.24. The van der Waals surface area contributed by atoms with E-state index in [1.807, 2.05) is 0 Å². The molecule has 1 aliphatic heterocycles. The predicted molar refractivity (Wildman–Crippen MR) is 141 cm³/mol. The van der Waals surface area contributed by atoms with Crippen molar-refractivity contribution < 1.29 is 24.5 Å². The van der Waals surface area contributed by atoms with Gasteiger partial charge in [0.15, 0.2) is 0 Å². The van der Waals surface area contributed by atoms with E-state index in [1.165, 1.54) is 42.8 Å². The molecule has 12 heteroatoms. The number of aliphatic hydroxyl groups is 1. The Bertz CT molecular complexity index is 1190. The number of carboxylic acid groups (broad SMARTS) is 1. The van der Waals surface area contributed by atoms with Crippen molar-refractivity contribution in [3.63, 3.8) is 0 Å². The lowest BCUT2D eigenvalue weighted by molar-refractivity contribution is -0.116. The molecule has 0 radical (unpaired) electrons. The first kappa shape index (κ1) is 28.3. The van der Waals surface area contributed by atoms with E-state index >= 15 is 0 Å². The number of nitrogens with two attached hydrogens (primary N) is 1. The Kier molecular flexibility index (Phi) is 10.2. The van der Waals surface area contributed by atoms with Gasteiger partial charge < -0.3 is 35.5 Å². The highest BCUT2D eigenvalue weighted by Crippen LogP contribution is 2.26. The van der Waals surface area contributed by atoms with Crippen molar-refractivity contribution in [3.8, 4) is 5.75 Å². The summed E-state index contributed by atoms with van der Waals surface area (Å²) >= 11 is 5.75. The number of carbonyl (C=O) groups is 2. The number of aromatic nitrogens is 3. The number of rotatable bonds is 8. The average molecular weight is 533 g/mol. The maximum Gasteiger partial charge on any atom is 0.372 e. The Labute approximate surface area is 220 Å². The van der Waals surface area contributed by atoms with Gasteiger partial charge in [0.2, 0.25) is 11.7 Å². The van der Waals surface area contributed by atoms with Gasteiger partial charge in [0.05, 0.1) is 17.1 Å². The minimum atomic E-state index is -1.28. The van der Waals surface area contributed by atoms with Crippen LogP contribution in [0.4, 0.5) is 5.82 Å². The molecule has 0 aliphatic carbocycles. The lowest BCUT2D eigenvalue weighted by Gasteiger charge is -2.32. The summed E-state index contributed by atoms with van der Waals surface area (Å²) in [6.07, 6.45) is 3.74.